The van der Waals surface area contributed by atoms with Crippen LogP contribution in [-0.2, 0) is 9.05 Å². The van der Waals surface area contributed by atoms with Crippen molar-refractivity contribution in [1.82, 2.24) is 5.32 Å². The molecule has 0 spiro atoms. The van der Waals surface area contributed by atoms with Gasteiger partial charge in [-0.1, -0.05) is 25.4 Å². The lowest BCUT2D eigenvalue weighted by molar-refractivity contribution is 0.0952. The largest absolute Gasteiger partial charge is 0.352 e. The third-order valence-corrected chi connectivity index (χ3v) is 4.49. The van der Waals surface area contributed by atoms with Gasteiger partial charge in [0, 0.05) is 17.2 Å². The lowest BCUT2D eigenvalue weighted by Crippen LogP contribution is -2.25. The summed E-state index contributed by atoms with van der Waals surface area (Å²) in [5.41, 5.74) is -0.250. The molecule has 0 heterocycles. The first-order valence-electron chi connectivity index (χ1n) is 6.35. The Kier molecular flexibility index (Phi) is 6.43. The van der Waals surface area contributed by atoms with Crippen molar-refractivity contribution in [2.45, 2.75) is 31.6 Å². The van der Waals surface area contributed by atoms with Gasteiger partial charge in [-0.3, -0.25) is 4.79 Å². The van der Waals surface area contributed by atoms with Crippen molar-refractivity contribution < 1.29 is 17.6 Å². The minimum absolute atomic E-state index is 0.250. The number of nitrogens with one attached hydrogen (secondary N) is 1. The summed E-state index contributed by atoms with van der Waals surface area (Å²) < 4.78 is 36.1. The van der Waals surface area contributed by atoms with E-state index in [9.17, 15) is 17.6 Å². The number of amides is 1. The molecule has 0 aromatic heterocycles. The number of carbonyl (C=O) groups excluding carboxylic acids is 1. The van der Waals surface area contributed by atoms with Crippen LogP contribution in [0.25, 0.3) is 0 Å². The lowest BCUT2D eigenvalue weighted by Gasteiger charge is -2.09. The van der Waals surface area contributed by atoms with Gasteiger partial charge in [-0.15, -0.1) is 0 Å². The highest BCUT2D eigenvalue weighted by Crippen LogP contribution is 2.26. The predicted octanol–water partition coefficient (Wildman–Crippen LogP) is 3.57. The maximum Gasteiger partial charge on any atom is 0.261 e. The van der Waals surface area contributed by atoms with Gasteiger partial charge in [0.1, 0.15) is 5.82 Å². The van der Waals surface area contributed by atoms with Crippen LogP contribution >= 0.6 is 22.3 Å². The van der Waals surface area contributed by atoms with Crippen LogP contribution in [0, 0.1) is 11.7 Å². The van der Waals surface area contributed by atoms with Crippen LogP contribution < -0.4 is 5.32 Å². The molecule has 21 heavy (non-hydrogen) atoms. The second-order valence-corrected chi connectivity index (χ2v) is 7.94. The Labute approximate surface area is 133 Å². The number of hydrogen-bond acceptors (Lipinski definition) is 3. The lowest BCUT2D eigenvalue weighted by atomic mass is 10.1. The summed E-state index contributed by atoms with van der Waals surface area (Å²) >= 11 is 5.70. The highest BCUT2D eigenvalue weighted by Gasteiger charge is 2.20. The summed E-state index contributed by atoms with van der Waals surface area (Å²) in [7, 11) is 1.01. The molecule has 0 atom stereocenters. The van der Waals surface area contributed by atoms with E-state index in [4.69, 9.17) is 22.3 Å². The molecule has 1 aromatic carbocycles. The van der Waals surface area contributed by atoms with Crippen molar-refractivity contribution in [2.24, 2.45) is 5.92 Å². The quantitative estimate of drug-likeness (QED) is 0.626. The predicted molar refractivity (Wildman–Crippen MR) is 80.9 cm³/mol. The van der Waals surface area contributed by atoms with Gasteiger partial charge in [-0.2, -0.15) is 0 Å². The minimum atomic E-state index is -4.14. The van der Waals surface area contributed by atoms with Crippen LogP contribution in [0.5, 0.6) is 0 Å². The van der Waals surface area contributed by atoms with Gasteiger partial charge in [0.05, 0.1) is 15.5 Å². The number of hydrogen-bond donors (Lipinski definition) is 1. The summed E-state index contributed by atoms with van der Waals surface area (Å²) in [6.07, 6.45) is 1.69. The monoisotopic (exact) mass is 355 g/mol. The summed E-state index contributed by atoms with van der Waals surface area (Å²) in [5.74, 6) is -1.14. The third-order valence-electron chi connectivity index (χ3n) is 2.77. The van der Waals surface area contributed by atoms with Crippen molar-refractivity contribution in [3.05, 3.63) is 28.5 Å². The van der Waals surface area contributed by atoms with Crippen LogP contribution in [-0.4, -0.2) is 20.9 Å². The summed E-state index contributed by atoms with van der Waals surface area (Å²) in [6, 6.07) is 1.64. The molecular formula is C13H16Cl2FNO3S. The first kappa shape index (κ1) is 18.2. The van der Waals surface area contributed by atoms with Gasteiger partial charge in [0.15, 0.2) is 0 Å². The number of halogens is 3. The fourth-order valence-electron chi connectivity index (χ4n) is 1.68. The SMILES string of the molecule is CC(C)CCCNC(=O)c1cc(S(=O)(=O)Cl)cc(F)c1Cl. The molecule has 1 aromatic rings. The summed E-state index contributed by atoms with van der Waals surface area (Å²) in [6.45, 7) is 4.51. The van der Waals surface area contributed by atoms with Crippen LogP contribution in [0.15, 0.2) is 17.0 Å². The van der Waals surface area contributed by atoms with E-state index >= 15 is 0 Å². The normalized spacial score (nSPS) is 11.7. The Bertz CT molecular complexity index is 633. The van der Waals surface area contributed by atoms with Crippen molar-refractivity contribution in [3.63, 3.8) is 0 Å². The molecule has 1 N–H and O–H groups in total. The van der Waals surface area contributed by atoms with Crippen molar-refractivity contribution in [2.75, 3.05) is 6.54 Å². The molecule has 0 radical (unpaired) electrons. The van der Waals surface area contributed by atoms with Crippen LogP contribution in [0.4, 0.5) is 4.39 Å². The zero-order chi connectivity index (χ0) is 16.2. The standard InChI is InChI=1S/C13H16Cl2FNO3S/c1-8(2)4-3-5-17-13(18)10-6-9(21(15,19)20)7-11(16)12(10)14/h6-8H,3-5H2,1-2H3,(H,17,18). The second-order valence-electron chi connectivity index (χ2n) is 5.00. The average Bonchev–Trinajstić information content (AvgIpc) is 2.35. The molecule has 1 amide bonds. The Morgan fingerprint density at radius 1 is 1.38 bits per heavy atom. The first-order valence-corrected chi connectivity index (χ1v) is 9.03. The Hall–Kier alpha value is -0.850. The van der Waals surface area contributed by atoms with E-state index in [0.29, 0.717) is 18.5 Å². The highest BCUT2D eigenvalue weighted by molar-refractivity contribution is 8.13. The zero-order valence-electron chi connectivity index (χ0n) is 11.6. The van der Waals surface area contributed by atoms with Gasteiger partial charge in [-0.05, 0) is 30.9 Å². The van der Waals surface area contributed by atoms with E-state index in [0.717, 1.165) is 18.9 Å². The maximum absolute atomic E-state index is 13.6. The molecule has 0 saturated carbocycles. The molecule has 0 fully saturated rings. The molecule has 0 aliphatic heterocycles. The number of benzene rings is 1. The van der Waals surface area contributed by atoms with Gasteiger partial charge >= 0.3 is 0 Å². The molecule has 0 saturated heterocycles. The van der Waals surface area contributed by atoms with Gasteiger partial charge in [0.2, 0.25) is 0 Å². The van der Waals surface area contributed by atoms with Crippen LogP contribution in [0.3, 0.4) is 0 Å². The van der Waals surface area contributed by atoms with Gasteiger partial charge < -0.3 is 5.32 Å². The molecule has 0 unspecified atom stereocenters. The molecule has 1 rings (SSSR count). The Morgan fingerprint density at radius 3 is 2.52 bits per heavy atom. The van der Waals surface area contributed by atoms with E-state index in [1.54, 1.807) is 0 Å². The molecular weight excluding hydrogens is 340 g/mol. The molecule has 8 heteroatoms. The van der Waals surface area contributed by atoms with Crippen LogP contribution in [0.1, 0.15) is 37.0 Å². The third kappa shape index (κ3) is 5.45. The Balaban J connectivity index is 2.91. The molecule has 0 bridgehead atoms. The van der Waals surface area contributed by atoms with E-state index in [2.05, 4.69) is 19.2 Å². The summed E-state index contributed by atoms with van der Waals surface area (Å²) in [4.78, 5) is 11.4. The minimum Gasteiger partial charge on any atom is -0.352 e. The van der Waals surface area contributed by atoms with E-state index in [1.807, 2.05) is 0 Å². The van der Waals surface area contributed by atoms with Gasteiger partial charge in [0.25, 0.3) is 15.0 Å². The smallest absolute Gasteiger partial charge is 0.261 e. The topological polar surface area (TPSA) is 63.2 Å². The van der Waals surface area contributed by atoms with E-state index in [-0.39, 0.29) is 5.56 Å². The summed E-state index contributed by atoms with van der Waals surface area (Å²) in [5, 5.41) is 2.14. The zero-order valence-corrected chi connectivity index (χ0v) is 13.9. The molecule has 0 aliphatic rings. The number of rotatable bonds is 6. The average molecular weight is 356 g/mol. The van der Waals surface area contributed by atoms with Crippen molar-refractivity contribution in [1.29, 1.82) is 0 Å². The van der Waals surface area contributed by atoms with Crippen molar-refractivity contribution in [3.8, 4) is 0 Å². The molecule has 118 valence electrons. The van der Waals surface area contributed by atoms with E-state index in [1.165, 1.54) is 0 Å². The Morgan fingerprint density at radius 2 is 2.00 bits per heavy atom. The van der Waals surface area contributed by atoms with Gasteiger partial charge in [-0.25, -0.2) is 12.8 Å². The van der Waals surface area contributed by atoms with E-state index < -0.39 is 30.7 Å². The molecule has 4 nitrogen and oxygen atoms in total. The van der Waals surface area contributed by atoms with Crippen molar-refractivity contribution >= 4 is 37.2 Å². The second kappa shape index (κ2) is 7.42. The van der Waals surface area contributed by atoms with Crippen LogP contribution in [0.2, 0.25) is 5.02 Å². The molecule has 0 aliphatic carbocycles. The number of carbonyl (C=O) groups is 1. The highest BCUT2D eigenvalue weighted by atomic mass is 35.7. The fourth-order valence-corrected chi connectivity index (χ4v) is 2.64. The fraction of sp³-hybridized carbons (Fsp3) is 0.462. The first-order chi connectivity index (χ1) is 9.62. The maximum atomic E-state index is 13.6.